The van der Waals surface area contributed by atoms with Gasteiger partial charge < -0.3 is 10.6 Å². The van der Waals surface area contributed by atoms with Crippen molar-refractivity contribution in [3.05, 3.63) is 71.8 Å². The van der Waals surface area contributed by atoms with E-state index in [2.05, 4.69) is 17.6 Å². The molecule has 0 bridgehead atoms. The van der Waals surface area contributed by atoms with Crippen molar-refractivity contribution < 1.29 is 9.59 Å². The third-order valence-corrected chi connectivity index (χ3v) is 5.30. The molecule has 0 fully saturated rings. The Kier molecular flexibility index (Phi) is 9.42. The van der Waals surface area contributed by atoms with Crippen molar-refractivity contribution in [3.8, 4) is 0 Å². The highest BCUT2D eigenvalue weighted by molar-refractivity contribution is 6.00. The summed E-state index contributed by atoms with van der Waals surface area (Å²) < 4.78 is 0. The zero-order valence-corrected chi connectivity index (χ0v) is 17.9. The second-order valence-electron chi connectivity index (χ2n) is 7.68. The summed E-state index contributed by atoms with van der Waals surface area (Å²) in [5.74, 6) is -1.07. The summed E-state index contributed by atoms with van der Waals surface area (Å²) in [6.07, 6.45) is 4.73. The van der Waals surface area contributed by atoms with Gasteiger partial charge in [-0.1, -0.05) is 93.3 Å². The first-order chi connectivity index (χ1) is 14.0. The van der Waals surface area contributed by atoms with Crippen molar-refractivity contribution in [2.75, 3.05) is 0 Å². The Labute approximate surface area is 175 Å². The van der Waals surface area contributed by atoms with Gasteiger partial charge in [0.1, 0.15) is 5.92 Å². The molecule has 4 heteroatoms. The lowest BCUT2D eigenvalue weighted by Crippen LogP contribution is -2.42. The highest BCUT2D eigenvalue weighted by Crippen LogP contribution is 2.18. The first-order valence-electron chi connectivity index (χ1n) is 10.7. The zero-order valence-electron chi connectivity index (χ0n) is 17.9. The number of hydrogen-bond donors (Lipinski definition) is 2. The minimum absolute atomic E-state index is 0.138. The molecule has 2 rings (SSSR count). The summed E-state index contributed by atoms with van der Waals surface area (Å²) in [5.41, 5.74) is 2.06. The molecule has 2 N–H and O–H groups in total. The normalized spacial score (nSPS) is 13.9. The molecule has 2 aromatic rings. The van der Waals surface area contributed by atoms with Crippen LogP contribution in [0.2, 0.25) is 0 Å². The second-order valence-corrected chi connectivity index (χ2v) is 7.68. The van der Waals surface area contributed by atoms with E-state index < -0.39 is 5.92 Å². The highest BCUT2D eigenvalue weighted by atomic mass is 16.2. The number of nitrogens with one attached hydrogen (secondary N) is 2. The third-order valence-electron chi connectivity index (χ3n) is 5.30. The van der Waals surface area contributed by atoms with Crippen LogP contribution >= 0.6 is 0 Å². The standard InChI is InChI=1S/C25H34N2O2/c1-4-5-6-13-18-23(24(28)26-19(2)21-14-9-7-10-15-21)25(29)27-20(3)22-16-11-8-12-17-22/h7-12,14-17,19-20,23H,4-6,13,18H2,1-3H3,(H,26,28)(H,27,29)/t19-,20+,23?. The van der Waals surface area contributed by atoms with Crippen molar-refractivity contribution in [1.29, 1.82) is 0 Å². The van der Waals surface area contributed by atoms with E-state index in [1.54, 1.807) is 0 Å². The molecule has 0 saturated heterocycles. The molecule has 0 aliphatic rings. The Bertz CT molecular complexity index is 686. The number of benzene rings is 2. The van der Waals surface area contributed by atoms with Gasteiger partial charge in [-0.3, -0.25) is 9.59 Å². The molecule has 0 aromatic heterocycles. The van der Waals surface area contributed by atoms with Crippen LogP contribution in [0.4, 0.5) is 0 Å². The molecule has 0 aliphatic carbocycles. The Balaban J connectivity index is 2.04. The van der Waals surface area contributed by atoms with E-state index in [1.165, 1.54) is 0 Å². The molecule has 2 aromatic carbocycles. The molecule has 0 heterocycles. The summed E-state index contributed by atoms with van der Waals surface area (Å²) in [7, 11) is 0. The highest BCUT2D eigenvalue weighted by Gasteiger charge is 2.28. The van der Waals surface area contributed by atoms with Crippen LogP contribution in [0.5, 0.6) is 0 Å². The second kappa shape index (κ2) is 12.1. The smallest absolute Gasteiger partial charge is 0.233 e. The zero-order chi connectivity index (χ0) is 21.1. The Morgan fingerprint density at radius 2 is 1.17 bits per heavy atom. The molecular formula is C25H34N2O2. The van der Waals surface area contributed by atoms with Gasteiger partial charge in [0, 0.05) is 0 Å². The van der Waals surface area contributed by atoms with E-state index in [4.69, 9.17) is 0 Å². The SMILES string of the molecule is CCCCCCC(C(=O)N[C@@H](C)c1ccccc1)C(=O)N[C@H](C)c1ccccc1. The number of hydrogen-bond acceptors (Lipinski definition) is 2. The van der Waals surface area contributed by atoms with Crippen LogP contribution in [0.3, 0.4) is 0 Å². The predicted molar refractivity (Wildman–Crippen MR) is 118 cm³/mol. The van der Waals surface area contributed by atoms with Crippen molar-refractivity contribution >= 4 is 11.8 Å². The molecule has 0 saturated carbocycles. The van der Waals surface area contributed by atoms with Gasteiger partial charge in [-0.15, -0.1) is 0 Å². The van der Waals surface area contributed by atoms with Crippen molar-refractivity contribution in [2.24, 2.45) is 5.92 Å². The number of unbranched alkanes of at least 4 members (excludes halogenated alkanes) is 3. The average Bonchev–Trinajstić information content (AvgIpc) is 2.74. The van der Waals surface area contributed by atoms with Gasteiger partial charge in [0.05, 0.1) is 12.1 Å². The fraction of sp³-hybridized carbons (Fsp3) is 0.440. The first-order valence-corrected chi connectivity index (χ1v) is 10.7. The molecule has 29 heavy (non-hydrogen) atoms. The maximum Gasteiger partial charge on any atom is 0.233 e. The largest absolute Gasteiger partial charge is 0.349 e. The minimum atomic E-state index is -0.677. The van der Waals surface area contributed by atoms with E-state index in [-0.39, 0.29) is 23.9 Å². The summed E-state index contributed by atoms with van der Waals surface area (Å²) in [6.45, 7) is 6.05. The van der Waals surface area contributed by atoms with E-state index in [0.29, 0.717) is 6.42 Å². The Morgan fingerprint density at radius 3 is 1.59 bits per heavy atom. The maximum atomic E-state index is 13.0. The number of rotatable bonds is 11. The Hall–Kier alpha value is -2.62. The molecule has 0 radical (unpaired) electrons. The topological polar surface area (TPSA) is 58.2 Å². The monoisotopic (exact) mass is 394 g/mol. The third kappa shape index (κ3) is 7.37. The predicted octanol–water partition coefficient (Wildman–Crippen LogP) is 5.33. The van der Waals surface area contributed by atoms with E-state index in [9.17, 15) is 9.59 Å². The lowest BCUT2D eigenvalue weighted by Gasteiger charge is -2.22. The minimum Gasteiger partial charge on any atom is -0.349 e. The number of amides is 2. The van der Waals surface area contributed by atoms with E-state index in [0.717, 1.165) is 36.8 Å². The summed E-state index contributed by atoms with van der Waals surface area (Å²) in [5, 5.41) is 6.06. The maximum absolute atomic E-state index is 13.0. The lowest BCUT2D eigenvalue weighted by molar-refractivity contribution is -0.136. The van der Waals surface area contributed by atoms with Gasteiger partial charge >= 0.3 is 0 Å². The lowest BCUT2D eigenvalue weighted by atomic mass is 9.97. The molecule has 156 valence electrons. The van der Waals surface area contributed by atoms with Gasteiger partial charge in [-0.05, 0) is 31.4 Å². The van der Waals surface area contributed by atoms with Gasteiger partial charge in [-0.25, -0.2) is 0 Å². The van der Waals surface area contributed by atoms with Crippen LogP contribution in [0.1, 0.15) is 76.1 Å². The number of carbonyl (C=O) groups excluding carboxylic acids is 2. The molecule has 3 atom stereocenters. The van der Waals surface area contributed by atoms with E-state index >= 15 is 0 Å². The fourth-order valence-electron chi connectivity index (χ4n) is 3.43. The summed E-state index contributed by atoms with van der Waals surface area (Å²) in [6, 6.07) is 19.4. The first kappa shape index (κ1) is 22.7. The molecule has 1 unspecified atom stereocenters. The van der Waals surface area contributed by atoms with Gasteiger partial charge in [0.2, 0.25) is 11.8 Å². The Morgan fingerprint density at radius 1 is 0.724 bits per heavy atom. The van der Waals surface area contributed by atoms with E-state index in [1.807, 2.05) is 74.5 Å². The van der Waals surface area contributed by atoms with Crippen LogP contribution in [-0.4, -0.2) is 11.8 Å². The molecule has 4 nitrogen and oxygen atoms in total. The van der Waals surface area contributed by atoms with Crippen LogP contribution in [0, 0.1) is 5.92 Å². The van der Waals surface area contributed by atoms with Crippen molar-refractivity contribution in [3.63, 3.8) is 0 Å². The van der Waals surface area contributed by atoms with Crippen LogP contribution < -0.4 is 10.6 Å². The van der Waals surface area contributed by atoms with Crippen molar-refractivity contribution in [2.45, 2.75) is 65.0 Å². The van der Waals surface area contributed by atoms with Crippen LogP contribution in [-0.2, 0) is 9.59 Å². The molecule has 0 spiro atoms. The summed E-state index contributed by atoms with van der Waals surface area (Å²) >= 11 is 0. The molecule has 0 aliphatic heterocycles. The van der Waals surface area contributed by atoms with Gasteiger partial charge in [0.15, 0.2) is 0 Å². The van der Waals surface area contributed by atoms with Gasteiger partial charge in [0.25, 0.3) is 0 Å². The molecule has 2 amide bonds. The van der Waals surface area contributed by atoms with Crippen LogP contribution in [0.25, 0.3) is 0 Å². The fourth-order valence-corrected chi connectivity index (χ4v) is 3.43. The summed E-state index contributed by atoms with van der Waals surface area (Å²) in [4.78, 5) is 26.0. The molecular weight excluding hydrogens is 360 g/mol. The van der Waals surface area contributed by atoms with Crippen molar-refractivity contribution in [1.82, 2.24) is 10.6 Å². The average molecular weight is 395 g/mol. The number of carbonyl (C=O) groups is 2. The quantitative estimate of drug-likeness (QED) is 0.400. The van der Waals surface area contributed by atoms with Gasteiger partial charge in [-0.2, -0.15) is 0 Å². The van der Waals surface area contributed by atoms with Crippen LogP contribution in [0.15, 0.2) is 60.7 Å².